The highest BCUT2D eigenvalue weighted by Gasteiger charge is 2.41. The minimum absolute atomic E-state index is 0. The van der Waals surface area contributed by atoms with Gasteiger partial charge in [-0.1, -0.05) is 30.3 Å². The van der Waals surface area contributed by atoms with Gasteiger partial charge in [-0.15, -0.1) is 24.0 Å². The second-order valence-electron chi connectivity index (χ2n) is 7.41. The predicted octanol–water partition coefficient (Wildman–Crippen LogP) is 3.39. The van der Waals surface area contributed by atoms with Gasteiger partial charge in [0.2, 0.25) is 0 Å². The Morgan fingerprint density at radius 2 is 1.84 bits per heavy atom. The molecular weight excluding hydrogens is 520 g/mol. The van der Waals surface area contributed by atoms with Gasteiger partial charge in [0.1, 0.15) is 11.9 Å². The van der Waals surface area contributed by atoms with Crippen LogP contribution in [0.5, 0.6) is 0 Å². The number of aryl methyl sites for hydroxylation is 2. The van der Waals surface area contributed by atoms with Crippen LogP contribution in [-0.4, -0.2) is 70.8 Å². The molecule has 0 spiro atoms. The fourth-order valence-corrected chi connectivity index (χ4v) is 3.62. The van der Waals surface area contributed by atoms with E-state index in [1.54, 1.807) is 13.2 Å². The number of rotatable bonds is 6. The average Bonchev–Trinajstić information content (AvgIpc) is 3.20. The summed E-state index contributed by atoms with van der Waals surface area (Å²) in [6, 6.07) is 8.86. The molecule has 2 heterocycles. The van der Waals surface area contributed by atoms with Crippen molar-refractivity contribution in [3.63, 3.8) is 0 Å². The van der Waals surface area contributed by atoms with Crippen molar-refractivity contribution in [3.8, 4) is 0 Å². The van der Waals surface area contributed by atoms with Crippen molar-refractivity contribution in [2.24, 2.45) is 4.99 Å². The molecule has 1 unspecified atom stereocenters. The van der Waals surface area contributed by atoms with E-state index in [0.29, 0.717) is 38.7 Å². The molecular formula is C21H30F3IN6. The van der Waals surface area contributed by atoms with Gasteiger partial charge in [0.05, 0.1) is 6.54 Å². The number of guanidine groups is 1. The number of alkyl halides is 3. The van der Waals surface area contributed by atoms with Gasteiger partial charge in [0.25, 0.3) is 0 Å². The number of aliphatic imine (C=N–C) groups is 1. The summed E-state index contributed by atoms with van der Waals surface area (Å²) in [5, 5.41) is 3.31. The maximum Gasteiger partial charge on any atom is 0.403 e. The first-order valence-corrected chi connectivity index (χ1v) is 10.2. The number of nitrogens with one attached hydrogen (secondary N) is 1. The van der Waals surface area contributed by atoms with Crippen LogP contribution < -0.4 is 5.32 Å². The van der Waals surface area contributed by atoms with Crippen molar-refractivity contribution in [2.75, 3.05) is 33.2 Å². The minimum atomic E-state index is -4.20. The Bertz CT molecular complexity index is 816. The lowest BCUT2D eigenvalue weighted by molar-refractivity contribution is -0.181. The molecule has 0 amide bonds. The summed E-state index contributed by atoms with van der Waals surface area (Å²) in [5.41, 5.74) is 1.27. The number of benzene rings is 1. The molecule has 0 bridgehead atoms. The van der Waals surface area contributed by atoms with E-state index in [-0.39, 0.29) is 24.0 Å². The smallest absolute Gasteiger partial charge is 0.349 e. The maximum atomic E-state index is 12.9. The molecule has 0 saturated carbocycles. The van der Waals surface area contributed by atoms with Gasteiger partial charge < -0.3 is 14.8 Å². The van der Waals surface area contributed by atoms with Crippen LogP contribution in [0.25, 0.3) is 0 Å². The molecule has 1 fully saturated rings. The van der Waals surface area contributed by atoms with Gasteiger partial charge in [0, 0.05) is 52.2 Å². The van der Waals surface area contributed by atoms with Crippen LogP contribution in [0.1, 0.15) is 18.3 Å². The van der Waals surface area contributed by atoms with Crippen molar-refractivity contribution in [2.45, 2.75) is 38.7 Å². The highest BCUT2D eigenvalue weighted by molar-refractivity contribution is 14.0. The topological polar surface area (TPSA) is 48.7 Å². The van der Waals surface area contributed by atoms with E-state index in [1.807, 2.05) is 29.3 Å². The largest absolute Gasteiger partial charge is 0.403 e. The van der Waals surface area contributed by atoms with E-state index in [1.165, 1.54) is 17.4 Å². The number of halogens is 4. The van der Waals surface area contributed by atoms with E-state index in [2.05, 4.69) is 32.0 Å². The van der Waals surface area contributed by atoms with E-state index >= 15 is 0 Å². The number of piperazine rings is 1. The first-order chi connectivity index (χ1) is 14.4. The van der Waals surface area contributed by atoms with Gasteiger partial charge in [-0.3, -0.25) is 9.89 Å². The number of hydrogen-bond donors (Lipinski definition) is 1. The standard InChI is InChI=1S/C21H29F3N6.HI/c1-17(21(22,23)24)28-12-14-30(15-13-28)20(25-2)27-16-19-26-9-11-29(19)10-8-18-6-4-3-5-7-18;/h3-7,9,11,17H,8,10,12-16H2,1-2H3,(H,25,27);1H. The highest BCUT2D eigenvalue weighted by atomic mass is 127. The molecule has 2 aromatic rings. The summed E-state index contributed by atoms with van der Waals surface area (Å²) in [6.07, 6.45) is 0.458. The molecule has 1 aliphatic heterocycles. The fourth-order valence-electron chi connectivity index (χ4n) is 3.62. The number of aromatic nitrogens is 2. The zero-order chi connectivity index (χ0) is 21.6. The van der Waals surface area contributed by atoms with Crippen LogP contribution in [0.15, 0.2) is 47.7 Å². The number of imidazole rings is 1. The van der Waals surface area contributed by atoms with E-state index < -0.39 is 12.2 Å². The van der Waals surface area contributed by atoms with Crippen LogP contribution in [0.3, 0.4) is 0 Å². The summed E-state index contributed by atoms with van der Waals surface area (Å²) in [5.74, 6) is 1.59. The Kier molecular flexibility index (Phi) is 9.60. The minimum Gasteiger partial charge on any atom is -0.349 e. The monoisotopic (exact) mass is 550 g/mol. The molecule has 10 heteroatoms. The zero-order valence-corrected chi connectivity index (χ0v) is 20.2. The van der Waals surface area contributed by atoms with Crippen LogP contribution in [0, 0.1) is 0 Å². The Morgan fingerprint density at radius 1 is 1.16 bits per heavy atom. The third kappa shape index (κ3) is 7.09. The van der Waals surface area contributed by atoms with Crippen LogP contribution in [0.4, 0.5) is 13.2 Å². The molecule has 172 valence electrons. The summed E-state index contributed by atoms with van der Waals surface area (Å²) >= 11 is 0. The Morgan fingerprint density at radius 3 is 2.45 bits per heavy atom. The summed E-state index contributed by atoms with van der Waals surface area (Å²) in [6.45, 7) is 4.27. The Balaban J connectivity index is 0.00000341. The predicted molar refractivity (Wildman–Crippen MR) is 127 cm³/mol. The molecule has 1 aromatic carbocycles. The summed E-state index contributed by atoms with van der Waals surface area (Å²) in [4.78, 5) is 12.2. The summed E-state index contributed by atoms with van der Waals surface area (Å²) in [7, 11) is 1.69. The molecule has 6 nitrogen and oxygen atoms in total. The van der Waals surface area contributed by atoms with Crippen molar-refractivity contribution in [1.29, 1.82) is 0 Å². The lowest BCUT2D eigenvalue weighted by atomic mass is 10.1. The zero-order valence-electron chi connectivity index (χ0n) is 17.8. The van der Waals surface area contributed by atoms with Crippen LogP contribution >= 0.6 is 24.0 Å². The molecule has 1 N–H and O–H groups in total. The van der Waals surface area contributed by atoms with Gasteiger partial charge in [-0.25, -0.2) is 4.98 Å². The quantitative estimate of drug-likeness (QED) is 0.341. The van der Waals surface area contributed by atoms with Gasteiger partial charge in [0.15, 0.2) is 5.96 Å². The molecule has 1 aromatic heterocycles. The Labute approximate surface area is 198 Å². The second kappa shape index (κ2) is 11.7. The van der Waals surface area contributed by atoms with E-state index in [4.69, 9.17) is 0 Å². The fraction of sp³-hybridized carbons (Fsp3) is 0.524. The van der Waals surface area contributed by atoms with Gasteiger partial charge >= 0.3 is 6.18 Å². The average molecular weight is 550 g/mol. The second-order valence-corrected chi connectivity index (χ2v) is 7.41. The maximum absolute atomic E-state index is 12.9. The van der Waals surface area contributed by atoms with Crippen molar-refractivity contribution in [3.05, 3.63) is 54.1 Å². The van der Waals surface area contributed by atoms with Crippen LogP contribution in [-0.2, 0) is 19.5 Å². The molecule has 0 aliphatic carbocycles. The molecule has 1 aliphatic rings. The van der Waals surface area contributed by atoms with Crippen molar-refractivity contribution < 1.29 is 13.2 Å². The Hall–Kier alpha value is -1.82. The highest BCUT2D eigenvalue weighted by Crippen LogP contribution is 2.25. The number of nitrogens with zero attached hydrogens (tertiary/aromatic N) is 5. The lowest BCUT2D eigenvalue weighted by Gasteiger charge is -2.39. The third-order valence-electron chi connectivity index (χ3n) is 5.54. The van der Waals surface area contributed by atoms with Gasteiger partial charge in [-0.2, -0.15) is 13.2 Å². The lowest BCUT2D eigenvalue weighted by Crippen LogP contribution is -2.56. The first kappa shape index (κ1) is 25.4. The molecule has 1 atom stereocenters. The SMILES string of the molecule is CN=C(NCc1nccn1CCc1ccccc1)N1CCN(C(C)C(F)(F)F)CC1.I. The molecule has 31 heavy (non-hydrogen) atoms. The van der Waals surface area contributed by atoms with Crippen molar-refractivity contribution >= 4 is 29.9 Å². The molecule has 1 saturated heterocycles. The normalized spacial score (nSPS) is 16.7. The molecule has 3 rings (SSSR count). The summed E-state index contributed by atoms with van der Waals surface area (Å²) < 4.78 is 40.9. The van der Waals surface area contributed by atoms with Gasteiger partial charge in [-0.05, 0) is 18.9 Å². The van der Waals surface area contributed by atoms with Crippen molar-refractivity contribution in [1.82, 2.24) is 24.7 Å². The number of hydrogen-bond acceptors (Lipinski definition) is 3. The third-order valence-corrected chi connectivity index (χ3v) is 5.54. The molecule has 0 radical (unpaired) electrons. The van der Waals surface area contributed by atoms with E-state index in [0.717, 1.165) is 18.8 Å². The van der Waals surface area contributed by atoms with Crippen LogP contribution in [0.2, 0.25) is 0 Å². The van der Waals surface area contributed by atoms with E-state index in [9.17, 15) is 13.2 Å². The first-order valence-electron chi connectivity index (χ1n) is 10.2.